The van der Waals surface area contributed by atoms with Gasteiger partial charge in [-0.25, -0.2) is 0 Å². The maximum atomic E-state index is 12.2. The second-order valence-corrected chi connectivity index (χ2v) is 6.97. The third-order valence-electron chi connectivity index (χ3n) is 1.99. The van der Waals surface area contributed by atoms with Gasteiger partial charge in [0.15, 0.2) is 0 Å². The van der Waals surface area contributed by atoms with Gasteiger partial charge in [-0.3, -0.25) is 0 Å². The number of alkyl halides is 6. The summed E-state index contributed by atoms with van der Waals surface area (Å²) in [7, 11) is 0. The molecule has 11 heteroatoms. The molecule has 1 aromatic carbocycles. The van der Waals surface area contributed by atoms with Gasteiger partial charge in [-0.05, 0) is 0 Å². The Bertz CT molecular complexity index is 540. The van der Waals surface area contributed by atoms with Gasteiger partial charge in [0.1, 0.15) is 0 Å². The van der Waals surface area contributed by atoms with Gasteiger partial charge in [0.25, 0.3) is 0 Å². The topological polar surface area (TPSA) is 52.6 Å². The molecule has 0 N–H and O–H groups in total. The second-order valence-electron chi connectivity index (χ2n) is 3.69. The molecule has 124 valence electrons. The van der Waals surface area contributed by atoms with Gasteiger partial charge < -0.3 is 0 Å². The standard InChI is InChI=1S/C11H7F6IO4/c1-6-4-2-3-5-7(6)18(21-8(19)10(12,13)14)22-9(20)11(15,16)17/h2-5H,1H3. The second kappa shape index (κ2) is 6.71. The third-order valence-corrected chi connectivity index (χ3v) is 5.75. The van der Waals surface area contributed by atoms with Crippen LogP contribution in [0.25, 0.3) is 0 Å². The van der Waals surface area contributed by atoms with E-state index in [0.29, 0.717) is 0 Å². The van der Waals surface area contributed by atoms with Gasteiger partial charge in [0, 0.05) is 0 Å². The number of carbonyl (C=O) groups excluding carboxylic acids is 2. The minimum atomic E-state index is -5.41. The molecule has 0 aliphatic rings. The van der Waals surface area contributed by atoms with Crippen LogP contribution in [0.5, 0.6) is 0 Å². The Morgan fingerprint density at radius 1 is 0.909 bits per heavy atom. The predicted octanol–water partition coefficient (Wildman–Crippen LogP) is 3.71. The van der Waals surface area contributed by atoms with Crippen molar-refractivity contribution in [3.8, 4) is 0 Å². The Morgan fingerprint density at radius 2 is 1.32 bits per heavy atom. The average Bonchev–Trinajstić information content (AvgIpc) is 2.36. The van der Waals surface area contributed by atoms with E-state index in [2.05, 4.69) is 6.13 Å². The fourth-order valence-electron chi connectivity index (χ4n) is 1.04. The number of benzene rings is 1. The van der Waals surface area contributed by atoms with E-state index in [-0.39, 0.29) is 9.13 Å². The van der Waals surface area contributed by atoms with Crippen LogP contribution >= 0.6 is 20.6 Å². The van der Waals surface area contributed by atoms with Crippen molar-refractivity contribution in [3.05, 3.63) is 33.4 Å². The number of halogens is 7. The monoisotopic (exact) mass is 444 g/mol. The van der Waals surface area contributed by atoms with E-state index in [1.165, 1.54) is 25.1 Å². The number of hydrogen-bond donors (Lipinski definition) is 0. The molecule has 0 spiro atoms. The quantitative estimate of drug-likeness (QED) is 0.527. The molecule has 0 radical (unpaired) electrons. The van der Waals surface area contributed by atoms with Crippen molar-refractivity contribution in [2.24, 2.45) is 0 Å². The van der Waals surface area contributed by atoms with Crippen molar-refractivity contribution in [2.75, 3.05) is 0 Å². The van der Waals surface area contributed by atoms with Crippen LogP contribution in [-0.4, -0.2) is 24.3 Å². The number of hydrogen-bond acceptors (Lipinski definition) is 4. The van der Waals surface area contributed by atoms with Gasteiger partial charge in [-0.2, -0.15) is 0 Å². The summed E-state index contributed by atoms with van der Waals surface area (Å²) in [5.74, 6) is -5.42. The van der Waals surface area contributed by atoms with Gasteiger partial charge in [-0.1, -0.05) is 0 Å². The zero-order valence-electron chi connectivity index (χ0n) is 10.6. The van der Waals surface area contributed by atoms with Crippen LogP contribution in [0.15, 0.2) is 24.3 Å². The van der Waals surface area contributed by atoms with E-state index in [4.69, 9.17) is 0 Å². The van der Waals surface area contributed by atoms with E-state index in [1.54, 1.807) is 0 Å². The first-order valence-electron chi connectivity index (χ1n) is 5.28. The van der Waals surface area contributed by atoms with Gasteiger partial charge in [0.05, 0.1) is 0 Å². The van der Waals surface area contributed by atoms with Gasteiger partial charge in [-0.15, -0.1) is 0 Å². The maximum absolute atomic E-state index is 12.2. The van der Waals surface area contributed by atoms with E-state index >= 15 is 0 Å². The van der Waals surface area contributed by atoms with Crippen molar-refractivity contribution >= 4 is 32.6 Å². The Morgan fingerprint density at radius 3 is 1.68 bits per heavy atom. The molecule has 0 atom stereocenters. The summed E-state index contributed by atoms with van der Waals surface area (Å²) in [4.78, 5) is 21.6. The Labute approximate surface area is 127 Å². The van der Waals surface area contributed by atoms with Crippen molar-refractivity contribution in [1.82, 2.24) is 0 Å². The van der Waals surface area contributed by atoms with Crippen LogP contribution in [0.1, 0.15) is 5.56 Å². The van der Waals surface area contributed by atoms with Crippen molar-refractivity contribution in [2.45, 2.75) is 19.3 Å². The van der Waals surface area contributed by atoms with E-state index in [9.17, 15) is 35.9 Å². The molecule has 1 rings (SSSR count). The van der Waals surface area contributed by atoms with Crippen LogP contribution in [0.2, 0.25) is 0 Å². The van der Waals surface area contributed by atoms with Crippen LogP contribution in [0, 0.1) is 10.5 Å². The Hall–Kier alpha value is -1.53. The molecule has 0 fully saturated rings. The van der Waals surface area contributed by atoms with Crippen molar-refractivity contribution < 1.29 is 42.1 Å². The first-order chi connectivity index (χ1) is 9.93. The zero-order valence-corrected chi connectivity index (χ0v) is 12.7. The summed E-state index contributed by atoms with van der Waals surface area (Å²) in [6, 6.07) is 5.26. The summed E-state index contributed by atoms with van der Waals surface area (Å²) >= 11 is -4.29. The average molecular weight is 444 g/mol. The van der Waals surface area contributed by atoms with Gasteiger partial charge in [0.2, 0.25) is 0 Å². The molecule has 22 heavy (non-hydrogen) atoms. The fourth-order valence-corrected chi connectivity index (χ4v) is 4.20. The molecule has 1 aromatic rings. The summed E-state index contributed by atoms with van der Waals surface area (Å²) in [5.41, 5.74) is 0.234. The van der Waals surface area contributed by atoms with Crippen molar-refractivity contribution in [1.29, 1.82) is 0 Å². The summed E-state index contributed by atoms with van der Waals surface area (Å²) < 4.78 is 80.9. The summed E-state index contributed by atoms with van der Waals surface area (Å²) in [6.07, 6.45) is -10.8. The molecule has 0 saturated carbocycles. The molecule has 0 bridgehead atoms. The van der Waals surface area contributed by atoms with Crippen LogP contribution in [-0.2, 0) is 15.7 Å². The number of aryl methyl sites for hydroxylation is 1. The molecule has 0 aliphatic carbocycles. The molecule has 4 nitrogen and oxygen atoms in total. The van der Waals surface area contributed by atoms with E-state index < -0.39 is 44.9 Å². The Kier molecular flexibility index (Phi) is 5.65. The SMILES string of the molecule is Cc1ccccc1I(OC(=O)C(F)(F)F)OC(=O)C(F)(F)F. The molecular formula is C11H7F6IO4. The van der Waals surface area contributed by atoms with Crippen LogP contribution in [0.3, 0.4) is 0 Å². The van der Waals surface area contributed by atoms with E-state index in [1.807, 2.05) is 0 Å². The molecular weight excluding hydrogens is 437 g/mol. The van der Waals surface area contributed by atoms with E-state index in [0.717, 1.165) is 6.07 Å². The number of carbonyl (C=O) groups is 2. The van der Waals surface area contributed by atoms with Gasteiger partial charge >= 0.3 is 127 Å². The molecule has 0 unspecified atom stereocenters. The van der Waals surface area contributed by atoms with Crippen LogP contribution < -0.4 is 0 Å². The normalized spacial score (nSPS) is 12.6. The molecule has 0 aromatic heterocycles. The molecule has 0 aliphatic heterocycles. The van der Waals surface area contributed by atoms with Crippen LogP contribution in [0.4, 0.5) is 26.3 Å². The summed E-state index contributed by atoms with van der Waals surface area (Å²) in [5, 5.41) is 0. The first kappa shape index (κ1) is 18.5. The molecule has 0 saturated heterocycles. The summed E-state index contributed by atoms with van der Waals surface area (Å²) in [6.45, 7) is 1.36. The number of rotatable bonds is 3. The predicted molar refractivity (Wildman–Crippen MR) is 68.2 cm³/mol. The zero-order chi connectivity index (χ0) is 17.1. The van der Waals surface area contributed by atoms with Crippen molar-refractivity contribution in [3.63, 3.8) is 0 Å². The Balaban J connectivity index is 3.09. The minimum absolute atomic E-state index is 0.165. The third kappa shape index (κ3) is 5.03. The first-order valence-corrected chi connectivity index (χ1v) is 8.12. The molecule has 0 heterocycles. The molecule has 0 amide bonds. The fraction of sp³-hybridized carbons (Fsp3) is 0.273.